The van der Waals surface area contributed by atoms with Gasteiger partial charge < -0.3 is 0 Å². The Labute approximate surface area is 162 Å². The Morgan fingerprint density at radius 1 is 1.12 bits per heavy atom. The normalized spacial score (nSPS) is 20.0. The van der Waals surface area contributed by atoms with Crippen LogP contribution < -0.4 is 0 Å². The Bertz CT molecular complexity index is 686. The molecule has 1 aliphatic rings. The smallest absolute Gasteiger partial charge is 0.00914 e. The second-order valence-electron chi connectivity index (χ2n) is 8.61. The van der Waals surface area contributed by atoms with Gasteiger partial charge in [0.25, 0.3) is 0 Å². The molecule has 0 N–H and O–H groups in total. The van der Waals surface area contributed by atoms with E-state index in [2.05, 4.69) is 66.0 Å². The quantitative estimate of drug-likeness (QED) is 0.330. The van der Waals surface area contributed by atoms with E-state index in [1.165, 1.54) is 71.9 Å². The number of rotatable bonds is 8. The van der Waals surface area contributed by atoms with Crippen LogP contribution in [-0.2, 0) is 12.8 Å². The lowest BCUT2D eigenvalue weighted by molar-refractivity contribution is 0.480. The number of benzene rings is 1. The maximum Gasteiger partial charge on any atom is 0.00914 e. The Hall–Kier alpha value is -1.56. The highest BCUT2D eigenvalue weighted by atomic mass is 14.3. The molecule has 2 rings (SSSR count). The molecule has 0 aliphatic heterocycles. The fourth-order valence-electron chi connectivity index (χ4n) is 4.53. The first-order valence-corrected chi connectivity index (χ1v) is 10.4. The van der Waals surface area contributed by atoms with Crippen LogP contribution in [0.1, 0.15) is 88.0 Å². The molecule has 0 nitrogen and oxygen atoms in total. The molecule has 142 valence electrons. The monoisotopic (exact) mass is 350 g/mol. The molecule has 26 heavy (non-hydrogen) atoms. The second kappa shape index (κ2) is 9.40. The molecule has 0 heterocycles. The van der Waals surface area contributed by atoms with Gasteiger partial charge in [-0.05, 0) is 88.0 Å². The highest BCUT2D eigenvalue weighted by Crippen LogP contribution is 2.42. The maximum absolute atomic E-state index is 4.32. The zero-order valence-electron chi connectivity index (χ0n) is 17.8. The van der Waals surface area contributed by atoms with Gasteiger partial charge in [-0.25, -0.2) is 0 Å². The summed E-state index contributed by atoms with van der Waals surface area (Å²) >= 11 is 0. The van der Waals surface area contributed by atoms with Crippen molar-refractivity contribution in [2.45, 2.75) is 85.5 Å². The zero-order valence-corrected chi connectivity index (χ0v) is 17.8. The molecule has 1 aromatic rings. The van der Waals surface area contributed by atoms with Crippen LogP contribution in [-0.4, -0.2) is 0 Å². The van der Waals surface area contributed by atoms with Gasteiger partial charge in [-0.1, -0.05) is 67.9 Å². The lowest BCUT2D eigenvalue weighted by Crippen LogP contribution is -2.19. The molecule has 0 saturated heterocycles. The van der Waals surface area contributed by atoms with Gasteiger partial charge in [-0.2, -0.15) is 0 Å². The van der Waals surface area contributed by atoms with Crippen molar-refractivity contribution in [3.63, 3.8) is 0 Å². The van der Waals surface area contributed by atoms with Gasteiger partial charge in [0.2, 0.25) is 0 Å². The van der Waals surface area contributed by atoms with Crippen LogP contribution in [0.15, 0.2) is 48.1 Å². The van der Waals surface area contributed by atoms with Gasteiger partial charge in [0.1, 0.15) is 0 Å². The summed E-state index contributed by atoms with van der Waals surface area (Å²) < 4.78 is 0. The van der Waals surface area contributed by atoms with Gasteiger partial charge in [0.15, 0.2) is 0 Å². The Balaban J connectivity index is 2.49. The first-order valence-electron chi connectivity index (χ1n) is 10.4. The van der Waals surface area contributed by atoms with Gasteiger partial charge in [-0.3, -0.25) is 0 Å². The van der Waals surface area contributed by atoms with E-state index in [4.69, 9.17) is 0 Å². The van der Waals surface area contributed by atoms with Crippen LogP contribution >= 0.6 is 0 Å². The van der Waals surface area contributed by atoms with E-state index < -0.39 is 0 Å². The third-order valence-corrected chi connectivity index (χ3v) is 5.81. The van der Waals surface area contributed by atoms with Crippen LogP contribution in [0.5, 0.6) is 0 Å². The summed E-state index contributed by atoms with van der Waals surface area (Å²) in [4.78, 5) is 0. The molecule has 0 radical (unpaired) electrons. The first kappa shape index (κ1) is 20.7. The fourth-order valence-corrected chi connectivity index (χ4v) is 4.53. The minimum absolute atomic E-state index is 0.472. The van der Waals surface area contributed by atoms with Crippen molar-refractivity contribution >= 4 is 0 Å². The van der Waals surface area contributed by atoms with E-state index >= 15 is 0 Å². The summed E-state index contributed by atoms with van der Waals surface area (Å²) in [5.74, 6) is 1.03. The Morgan fingerprint density at radius 2 is 1.85 bits per heavy atom. The van der Waals surface area contributed by atoms with Gasteiger partial charge >= 0.3 is 0 Å². The minimum atomic E-state index is 0.472. The topological polar surface area (TPSA) is 0 Å². The molecule has 0 spiro atoms. The van der Waals surface area contributed by atoms with Gasteiger partial charge in [-0.15, -0.1) is 0 Å². The Morgan fingerprint density at radius 3 is 2.46 bits per heavy atom. The summed E-state index contributed by atoms with van der Waals surface area (Å²) in [6, 6.07) is 4.92. The van der Waals surface area contributed by atoms with Crippen LogP contribution in [0.25, 0.3) is 0 Å². The molecule has 0 bridgehead atoms. The summed E-state index contributed by atoms with van der Waals surface area (Å²) in [7, 11) is 0. The lowest BCUT2D eigenvalue weighted by atomic mass is 9.71. The van der Waals surface area contributed by atoms with Crippen molar-refractivity contribution in [3.8, 4) is 0 Å². The van der Waals surface area contributed by atoms with Gasteiger partial charge in [0, 0.05) is 5.92 Å². The van der Waals surface area contributed by atoms with E-state index in [1.54, 1.807) is 5.56 Å². The SMILES string of the molecule is C=C(C)Cc1cc(CCCCC)cc(C)c1C1C=C(C)CCC1C(=C)C. The predicted octanol–water partition coefficient (Wildman–Crippen LogP) is 7.86. The number of hydrogen-bond donors (Lipinski definition) is 0. The molecule has 0 saturated carbocycles. The van der Waals surface area contributed by atoms with Crippen LogP contribution in [0, 0.1) is 12.8 Å². The van der Waals surface area contributed by atoms with Crippen LogP contribution in [0.4, 0.5) is 0 Å². The molecule has 0 fully saturated rings. The molecule has 0 aromatic heterocycles. The molecule has 2 atom stereocenters. The molecular formula is C26H38. The molecule has 1 aromatic carbocycles. The maximum atomic E-state index is 4.32. The highest BCUT2D eigenvalue weighted by Gasteiger charge is 2.28. The lowest BCUT2D eigenvalue weighted by Gasteiger charge is -2.33. The van der Waals surface area contributed by atoms with E-state index in [1.807, 2.05) is 0 Å². The second-order valence-corrected chi connectivity index (χ2v) is 8.61. The average molecular weight is 351 g/mol. The standard InChI is InChI=1S/C26H38/c1-8-9-10-11-22-16-21(7)26(23(17-22)14-18(2)3)25-15-20(6)12-13-24(25)19(4)5/h15-17,24-25H,2,4,8-14H2,1,3,5-7H3. The molecule has 0 heteroatoms. The number of unbranched alkanes of at least 4 members (excludes halogenated alkanes) is 2. The third-order valence-electron chi connectivity index (χ3n) is 5.81. The third kappa shape index (κ3) is 5.22. The van der Waals surface area contributed by atoms with Crippen molar-refractivity contribution < 1.29 is 0 Å². The molecule has 2 unspecified atom stereocenters. The highest BCUT2D eigenvalue weighted by molar-refractivity contribution is 5.46. The minimum Gasteiger partial charge on any atom is -0.0998 e. The van der Waals surface area contributed by atoms with E-state index in [0.717, 1.165) is 6.42 Å². The molecule has 0 amide bonds. The number of hydrogen-bond acceptors (Lipinski definition) is 0. The number of allylic oxidation sites excluding steroid dienone is 4. The van der Waals surface area contributed by atoms with E-state index in [-0.39, 0.29) is 0 Å². The van der Waals surface area contributed by atoms with Gasteiger partial charge in [0.05, 0.1) is 0 Å². The average Bonchev–Trinajstić information content (AvgIpc) is 2.54. The summed E-state index contributed by atoms with van der Waals surface area (Å²) in [6.45, 7) is 19.8. The van der Waals surface area contributed by atoms with Crippen LogP contribution in [0.3, 0.4) is 0 Å². The van der Waals surface area contributed by atoms with Crippen molar-refractivity contribution in [1.29, 1.82) is 0 Å². The summed E-state index contributed by atoms with van der Waals surface area (Å²) in [5.41, 5.74) is 10.1. The van der Waals surface area contributed by atoms with Crippen molar-refractivity contribution in [2.24, 2.45) is 5.92 Å². The van der Waals surface area contributed by atoms with E-state index in [0.29, 0.717) is 11.8 Å². The fraction of sp³-hybridized carbons (Fsp3) is 0.538. The van der Waals surface area contributed by atoms with Crippen molar-refractivity contribution in [2.75, 3.05) is 0 Å². The summed E-state index contributed by atoms with van der Waals surface area (Å²) in [5, 5.41) is 0. The zero-order chi connectivity index (χ0) is 19.3. The first-order chi connectivity index (χ1) is 12.3. The van der Waals surface area contributed by atoms with Crippen LogP contribution in [0.2, 0.25) is 0 Å². The Kier molecular flexibility index (Phi) is 7.50. The number of aryl methyl sites for hydroxylation is 2. The van der Waals surface area contributed by atoms with E-state index in [9.17, 15) is 0 Å². The molecular weight excluding hydrogens is 312 g/mol. The molecule has 1 aliphatic carbocycles. The predicted molar refractivity (Wildman–Crippen MR) is 117 cm³/mol. The van der Waals surface area contributed by atoms with Crippen molar-refractivity contribution in [1.82, 2.24) is 0 Å². The van der Waals surface area contributed by atoms with Crippen molar-refractivity contribution in [3.05, 3.63) is 70.3 Å². The summed E-state index contributed by atoms with van der Waals surface area (Å²) in [6.07, 6.45) is 11.0. The largest absolute Gasteiger partial charge is 0.0998 e.